The first-order valence-corrected chi connectivity index (χ1v) is 4.84. The summed E-state index contributed by atoms with van der Waals surface area (Å²) in [5, 5.41) is 3.09. The van der Waals surface area contributed by atoms with E-state index in [1.165, 1.54) is 18.4 Å². The third kappa shape index (κ3) is 2.65. The molecular formula is C11H18N2. The van der Waals surface area contributed by atoms with Crippen LogP contribution in [0.5, 0.6) is 0 Å². The Morgan fingerprint density at radius 3 is 2.77 bits per heavy atom. The molecule has 13 heavy (non-hydrogen) atoms. The lowest BCUT2D eigenvalue weighted by Crippen LogP contribution is -1.97. The third-order valence-electron chi connectivity index (χ3n) is 2.21. The van der Waals surface area contributed by atoms with Crippen molar-refractivity contribution in [3.8, 4) is 0 Å². The normalized spacial score (nSPS) is 10.0. The Bertz CT molecular complexity index is 269. The minimum Gasteiger partial charge on any atom is -0.397 e. The van der Waals surface area contributed by atoms with Crippen LogP contribution in [0.15, 0.2) is 18.2 Å². The van der Waals surface area contributed by atoms with Gasteiger partial charge in [-0.05, 0) is 30.5 Å². The molecule has 0 atom stereocenters. The molecule has 0 aromatic heterocycles. The summed E-state index contributed by atoms with van der Waals surface area (Å²) >= 11 is 0. The zero-order chi connectivity index (χ0) is 9.68. The van der Waals surface area contributed by atoms with Crippen LogP contribution in [0, 0.1) is 0 Å². The van der Waals surface area contributed by atoms with Gasteiger partial charge in [0.1, 0.15) is 0 Å². The second-order valence-corrected chi connectivity index (χ2v) is 3.28. The number of aryl methyl sites for hydroxylation is 1. The van der Waals surface area contributed by atoms with Gasteiger partial charge in [-0.2, -0.15) is 0 Å². The van der Waals surface area contributed by atoms with Crippen LogP contribution in [0.3, 0.4) is 0 Å². The predicted octanol–water partition coefficient (Wildman–Crippen LogP) is 2.65. The molecule has 0 saturated carbocycles. The Hall–Kier alpha value is -1.18. The smallest absolute Gasteiger partial charge is 0.0574 e. The lowest BCUT2D eigenvalue weighted by molar-refractivity contribution is 0.795. The summed E-state index contributed by atoms with van der Waals surface area (Å²) in [4.78, 5) is 0. The minimum atomic E-state index is 0.822. The highest BCUT2D eigenvalue weighted by atomic mass is 14.8. The van der Waals surface area contributed by atoms with Crippen LogP contribution in [0.1, 0.15) is 25.3 Å². The Balaban J connectivity index is 2.74. The van der Waals surface area contributed by atoms with Crippen molar-refractivity contribution in [1.82, 2.24) is 0 Å². The van der Waals surface area contributed by atoms with Crippen LogP contribution in [-0.4, -0.2) is 7.05 Å². The molecule has 0 fully saturated rings. The van der Waals surface area contributed by atoms with E-state index in [2.05, 4.69) is 24.4 Å². The van der Waals surface area contributed by atoms with E-state index in [0.717, 1.165) is 17.8 Å². The number of unbranched alkanes of at least 4 members (excludes halogenated alkanes) is 1. The zero-order valence-electron chi connectivity index (χ0n) is 8.43. The van der Waals surface area contributed by atoms with Crippen LogP contribution in [0.25, 0.3) is 0 Å². The third-order valence-corrected chi connectivity index (χ3v) is 2.21. The number of nitrogens with one attached hydrogen (secondary N) is 1. The molecule has 1 aromatic carbocycles. The molecule has 0 bridgehead atoms. The van der Waals surface area contributed by atoms with E-state index in [1.807, 2.05) is 13.1 Å². The first-order chi connectivity index (χ1) is 6.27. The summed E-state index contributed by atoms with van der Waals surface area (Å²) in [5.41, 5.74) is 8.99. The van der Waals surface area contributed by atoms with Crippen molar-refractivity contribution in [3.05, 3.63) is 23.8 Å². The van der Waals surface area contributed by atoms with Gasteiger partial charge in [-0.1, -0.05) is 19.4 Å². The standard InChI is InChI=1S/C11H18N2/c1-3-4-5-9-6-7-10(12)11(8-9)13-2/h6-8,13H,3-5,12H2,1-2H3. The van der Waals surface area contributed by atoms with Gasteiger partial charge in [0, 0.05) is 7.05 Å². The van der Waals surface area contributed by atoms with Crippen molar-refractivity contribution in [3.63, 3.8) is 0 Å². The van der Waals surface area contributed by atoms with Gasteiger partial charge in [0.15, 0.2) is 0 Å². The summed E-state index contributed by atoms with van der Waals surface area (Å²) in [6.07, 6.45) is 3.62. The van der Waals surface area contributed by atoms with Crippen molar-refractivity contribution in [1.29, 1.82) is 0 Å². The van der Waals surface area contributed by atoms with Gasteiger partial charge in [0.2, 0.25) is 0 Å². The van der Waals surface area contributed by atoms with E-state index in [4.69, 9.17) is 5.73 Å². The lowest BCUT2D eigenvalue weighted by Gasteiger charge is -2.07. The molecule has 2 nitrogen and oxygen atoms in total. The number of rotatable bonds is 4. The van der Waals surface area contributed by atoms with Crippen LogP contribution >= 0.6 is 0 Å². The highest BCUT2D eigenvalue weighted by molar-refractivity contribution is 5.66. The summed E-state index contributed by atoms with van der Waals surface area (Å²) < 4.78 is 0. The molecule has 0 unspecified atom stereocenters. The Labute approximate surface area is 80.1 Å². The van der Waals surface area contributed by atoms with E-state index in [-0.39, 0.29) is 0 Å². The number of nitrogen functional groups attached to an aromatic ring is 1. The van der Waals surface area contributed by atoms with Crippen LogP contribution < -0.4 is 11.1 Å². The zero-order valence-corrected chi connectivity index (χ0v) is 8.43. The number of nitrogens with two attached hydrogens (primary N) is 1. The van der Waals surface area contributed by atoms with Gasteiger partial charge < -0.3 is 11.1 Å². The largest absolute Gasteiger partial charge is 0.397 e. The fraction of sp³-hybridized carbons (Fsp3) is 0.455. The molecule has 0 radical (unpaired) electrons. The second kappa shape index (κ2) is 4.75. The van der Waals surface area contributed by atoms with Crippen LogP contribution in [-0.2, 0) is 6.42 Å². The summed E-state index contributed by atoms with van der Waals surface area (Å²) in [7, 11) is 1.90. The molecule has 0 aliphatic rings. The molecule has 0 saturated heterocycles. The average molecular weight is 178 g/mol. The fourth-order valence-electron chi connectivity index (χ4n) is 1.36. The Morgan fingerprint density at radius 1 is 1.38 bits per heavy atom. The molecular weight excluding hydrogens is 160 g/mol. The van der Waals surface area contributed by atoms with E-state index < -0.39 is 0 Å². The number of anilines is 2. The highest BCUT2D eigenvalue weighted by Crippen LogP contribution is 2.20. The number of hydrogen-bond acceptors (Lipinski definition) is 2. The summed E-state index contributed by atoms with van der Waals surface area (Å²) in [6, 6.07) is 6.20. The van der Waals surface area contributed by atoms with Crippen molar-refractivity contribution < 1.29 is 0 Å². The van der Waals surface area contributed by atoms with Gasteiger partial charge in [-0.15, -0.1) is 0 Å². The van der Waals surface area contributed by atoms with Gasteiger partial charge in [-0.25, -0.2) is 0 Å². The quantitative estimate of drug-likeness (QED) is 0.696. The first kappa shape index (κ1) is 9.90. The van der Waals surface area contributed by atoms with E-state index >= 15 is 0 Å². The molecule has 0 aliphatic carbocycles. The maximum atomic E-state index is 5.77. The number of hydrogen-bond donors (Lipinski definition) is 2. The van der Waals surface area contributed by atoms with E-state index in [9.17, 15) is 0 Å². The number of benzene rings is 1. The average Bonchev–Trinajstić information content (AvgIpc) is 2.16. The molecule has 0 amide bonds. The van der Waals surface area contributed by atoms with Gasteiger partial charge >= 0.3 is 0 Å². The topological polar surface area (TPSA) is 38.0 Å². The molecule has 0 aliphatic heterocycles. The van der Waals surface area contributed by atoms with Crippen LogP contribution in [0.4, 0.5) is 11.4 Å². The highest BCUT2D eigenvalue weighted by Gasteiger charge is 1.98. The Kier molecular flexibility index (Phi) is 3.62. The van der Waals surface area contributed by atoms with E-state index in [0.29, 0.717) is 0 Å². The summed E-state index contributed by atoms with van der Waals surface area (Å²) in [6.45, 7) is 2.20. The first-order valence-electron chi connectivity index (χ1n) is 4.84. The SMILES string of the molecule is CCCCc1ccc(N)c(NC)c1. The van der Waals surface area contributed by atoms with Gasteiger partial charge in [-0.3, -0.25) is 0 Å². The van der Waals surface area contributed by atoms with Crippen molar-refractivity contribution in [2.45, 2.75) is 26.2 Å². The lowest BCUT2D eigenvalue weighted by atomic mass is 10.1. The molecule has 72 valence electrons. The van der Waals surface area contributed by atoms with Gasteiger partial charge in [0.05, 0.1) is 11.4 Å². The molecule has 1 aromatic rings. The maximum Gasteiger partial charge on any atom is 0.0574 e. The van der Waals surface area contributed by atoms with Gasteiger partial charge in [0.25, 0.3) is 0 Å². The molecule has 2 heteroatoms. The van der Waals surface area contributed by atoms with Crippen molar-refractivity contribution in [2.24, 2.45) is 0 Å². The van der Waals surface area contributed by atoms with E-state index in [1.54, 1.807) is 0 Å². The predicted molar refractivity (Wildman–Crippen MR) is 59.0 cm³/mol. The van der Waals surface area contributed by atoms with Crippen molar-refractivity contribution in [2.75, 3.05) is 18.1 Å². The molecule has 0 spiro atoms. The molecule has 0 heterocycles. The maximum absolute atomic E-state index is 5.77. The molecule has 1 rings (SSSR count). The van der Waals surface area contributed by atoms with Crippen LogP contribution in [0.2, 0.25) is 0 Å². The second-order valence-electron chi connectivity index (χ2n) is 3.28. The minimum absolute atomic E-state index is 0.822. The molecule has 3 N–H and O–H groups in total. The fourth-order valence-corrected chi connectivity index (χ4v) is 1.36. The summed E-state index contributed by atoms with van der Waals surface area (Å²) in [5.74, 6) is 0. The Morgan fingerprint density at radius 2 is 2.15 bits per heavy atom. The van der Waals surface area contributed by atoms with Crippen molar-refractivity contribution >= 4 is 11.4 Å². The monoisotopic (exact) mass is 178 g/mol.